The van der Waals surface area contributed by atoms with Crippen LogP contribution in [0.2, 0.25) is 5.02 Å². The van der Waals surface area contributed by atoms with E-state index >= 15 is 0 Å². The summed E-state index contributed by atoms with van der Waals surface area (Å²) >= 11 is 6.20. The smallest absolute Gasteiger partial charge is 0.268 e. The third kappa shape index (κ3) is 4.40. The highest BCUT2D eigenvalue weighted by molar-refractivity contribution is 6.31. The third-order valence-corrected chi connectivity index (χ3v) is 6.55. The highest BCUT2D eigenvalue weighted by atomic mass is 35.5. The van der Waals surface area contributed by atoms with Gasteiger partial charge >= 0.3 is 0 Å². The lowest BCUT2D eigenvalue weighted by Crippen LogP contribution is -2.35. The second-order valence-corrected chi connectivity index (χ2v) is 8.76. The van der Waals surface area contributed by atoms with E-state index in [1.807, 2.05) is 54.9 Å². The molecule has 1 atom stereocenters. The van der Waals surface area contributed by atoms with E-state index in [0.29, 0.717) is 10.7 Å². The average molecular weight is 424 g/mol. The van der Waals surface area contributed by atoms with Gasteiger partial charge in [0.05, 0.1) is 6.04 Å². The van der Waals surface area contributed by atoms with E-state index in [1.165, 1.54) is 32.4 Å². The van der Waals surface area contributed by atoms with Gasteiger partial charge in [-0.1, -0.05) is 48.4 Å². The third-order valence-electron chi connectivity index (χ3n) is 6.32. The van der Waals surface area contributed by atoms with Gasteiger partial charge in [-0.2, -0.15) is 0 Å². The fourth-order valence-corrected chi connectivity index (χ4v) is 4.82. The maximum Gasteiger partial charge on any atom is 0.268 e. The quantitative estimate of drug-likeness (QED) is 0.569. The van der Waals surface area contributed by atoms with Crippen molar-refractivity contribution >= 4 is 28.4 Å². The molecule has 30 heavy (non-hydrogen) atoms. The van der Waals surface area contributed by atoms with Crippen LogP contribution in [0.3, 0.4) is 0 Å². The second kappa shape index (κ2) is 9.23. The number of aryl methyl sites for hydroxylation is 2. The van der Waals surface area contributed by atoms with Crippen molar-refractivity contribution in [3.63, 3.8) is 0 Å². The molecule has 0 aliphatic carbocycles. The van der Waals surface area contributed by atoms with Crippen LogP contribution < -0.4 is 5.32 Å². The van der Waals surface area contributed by atoms with Gasteiger partial charge in [0, 0.05) is 29.5 Å². The molecule has 4 nitrogen and oxygen atoms in total. The number of halogens is 1. The number of carbonyl (C=O) groups excluding carboxylic acids is 1. The zero-order valence-corrected chi connectivity index (χ0v) is 18.6. The van der Waals surface area contributed by atoms with Gasteiger partial charge in [-0.05, 0) is 68.6 Å². The topological polar surface area (TPSA) is 37.3 Å². The number of benzene rings is 2. The Bertz CT molecular complexity index is 1020. The number of piperidine rings is 1. The van der Waals surface area contributed by atoms with Crippen molar-refractivity contribution in [2.24, 2.45) is 7.05 Å². The minimum atomic E-state index is -0.0326. The molecule has 4 rings (SSSR count). The van der Waals surface area contributed by atoms with Crippen LogP contribution in [-0.4, -0.2) is 35.0 Å². The van der Waals surface area contributed by atoms with Gasteiger partial charge in [-0.25, -0.2) is 0 Å². The molecule has 3 aromatic rings. The second-order valence-electron chi connectivity index (χ2n) is 8.32. The molecule has 0 bridgehead atoms. The summed E-state index contributed by atoms with van der Waals surface area (Å²) in [4.78, 5) is 15.9. The molecule has 5 heteroatoms. The summed E-state index contributed by atoms with van der Waals surface area (Å²) in [5.41, 5.74) is 3.84. The zero-order valence-electron chi connectivity index (χ0n) is 17.8. The lowest BCUT2D eigenvalue weighted by molar-refractivity contribution is 0.0921. The first-order valence-electron chi connectivity index (χ1n) is 10.9. The number of nitrogens with zero attached hydrogens (tertiary/aromatic N) is 2. The molecule has 0 unspecified atom stereocenters. The molecule has 1 aliphatic rings. The van der Waals surface area contributed by atoms with Gasteiger partial charge in [0.1, 0.15) is 5.69 Å². The Balaban J connectivity index is 1.58. The lowest BCUT2D eigenvalue weighted by Gasteiger charge is -2.29. The highest BCUT2D eigenvalue weighted by Gasteiger charge is 2.23. The largest absolute Gasteiger partial charge is 0.344 e. The van der Waals surface area contributed by atoms with Gasteiger partial charge in [0.15, 0.2) is 0 Å². The van der Waals surface area contributed by atoms with E-state index in [1.54, 1.807) is 0 Å². The first-order valence-corrected chi connectivity index (χ1v) is 11.2. The molecule has 2 heterocycles. The molecule has 1 fully saturated rings. The Morgan fingerprint density at radius 1 is 1.10 bits per heavy atom. The molecular weight excluding hydrogens is 394 g/mol. The predicted molar refractivity (Wildman–Crippen MR) is 124 cm³/mol. The van der Waals surface area contributed by atoms with Crippen LogP contribution in [0.15, 0.2) is 48.5 Å². The summed E-state index contributed by atoms with van der Waals surface area (Å²) in [5, 5.41) is 5.04. The number of amides is 1. The first kappa shape index (κ1) is 21.0. The van der Waals surface area contributed by atoms with Crippen molar-refractivity contribution in [3.8, 4) is 0 Å². The first-order chi connectivity index (χ1) is 14.5. The van der Waals surface area contributed by atoms with Crippen LogP contribution in [0.5, 0.6) is 0 Å². The van der Waals surface area contributed by atoms with E-state index in [0.717, 1.165) is 35.0 Å². The van der Waals surface area contributed by atoms with Gasteiger partial charge < -0.3 is 14.8 Å². The molecule has 158 valence electrons. The maximum absolute atomic E-state index is 13.4. The molecule has 0 saturated carbocycles. The molecule has 0 spiro atoms. The van der Waals surface area contributed by atoms with Gasteiger partial charge in [0.2, 0.25) is 0 Å². The monoisotopic (exact) mass is 423 g/mol. The fourth-order valence-electron chi connectivity index (χ4n) is 4.65. The number of rotatable bonds is 6. The predicted octanol–water partition coefficient (Wildman–Crippen LogP) is 5.49. The van der Waals surface area contributed by atoms with Crippen molar-refractivity contribution in [1.82, 2.24) is 14.8 Å². The van der Waals surface area contributed by atoms with E-state index in [2.05, 4.69) is 22.3 Å². The van der Waals surface area contributed by atoms with Crippen LogP contribution in [0, 0.1) is 6.92 Å². The van der Waals surface area contributed by atoms with E-state index < -0.39 is 0 Å². The fraction of sp³-hybridized carbons (Fsp3) is 0.400. The summed E-state index contributed by atoms with van der Waals surface area (Å²) in [6.45, 7) is 5.33. The van der Waals surface area contributed by atoms with E-state index in [-0.39, 0.29) is 11.9 Å². The molecule has 1 N–H and O–H groups in total. The number of hydrogen-bond donors (Lipinski definition) is 1. The molecule has 2 aromatic carbocycles. The Morgan fingerprint density at radius 2 is 1.83 bits per heavy atom. The van der Waals surface area contributed by atoms with E-state index in [9.17, 15) is 4.79 Å². The Morgan fingerprint density at radius 3 is 2.57 bits per heavy atom. The van der Waals surface area contributed by atoms with Gasteiger partial charge in [-0.3, -0.25) is 4.79 Å². The minimum absolute atomic E-state index is 0.0124. The standard InChI is InChI=1S/C25H30ClN3O/c1-18-21-17-20(26)11-12-23(21)28(2)24(18)25(30)27-22(19-9-5-3-6-10-19)13-16-29-14-7-4-8-15-29/h3,5-6,9-12,17,22H,4,7-8,13-16H2,1-2H3,(H,27,30)/t22-/m0/s1. The average Bonchev–Trinajstić information content (AvgIpc) is 3.02. The summed E-state index contributed by atoms with van der Waals surface area (Å²) < 4.78 is 1.98. The number of fused-ring (bicyclic) bond motifs is 1. The Kier molecular flexibility index (Phi) is 6.45. The number of carbonyl (C=O) groups is 1. The number of hydrogen-bond acceptors (Lipinski definition) is 2. The number of nitrogens with one attached hydrogen (secondary N) is 1. The van der Waals surface area contributed by atoms with Crippen LogP contribution in [-0.2, 0) is 7.05 Å². The number of aromatic nitrogens is 1. The van der Waals surface area contributed by atoms with Crippen LogP contribution in [0.1, 0.15) is 53.3 Å². The summed E-state index contributed by atoms with van der Waals surface area (Å²) in [7, 11) is 1.95. The number of likely N-dealkylation sites (tertiary alicyclic amines) is 1. The Labute approximate surface area is 183 Å². The summed E-state index contributed by atoms with van der Waals surface area (Å²) in [6.07, 6.45) is 4.80. The maximum atomic E-state index is 13.4. The van der Waals surface area contributed by atoms with Crippen molar-refractivity contribution in [3.05, 3.63) is 70.4 Å². The lowest BCUT2D eigenvalue weighted by atomic mass is 10.0. The molecule has 1 amide bonds. The molecule has 1 aromatic heterocycles. The van der Waals surface area contributed by atoms with Crippen molar-refractivity contribution in [2.45, 2.75) is 38.6 Å². The SMILES string of the molecule is Cc1c(C(=O)N[C@@H](CCN2CCCCC2)c2ccccc2)n(C)c2ccc(Cl)cc12. The molecule has 0 radical (unpaired) electrons. The molecular formula is C25H30ClN3O. The van der Waals surface area contributed by atoms with Crippen LogP contribution in [0.4, 0.5) is 0 Å². The zero-order chi connectivity index (χ0) is 21.1. The summed E-state index contributed by atoms with van der Waals surface area (Å²) in [6, 6.07) is 16.1. The van der Waals surface area contributed by atoms with Crippen molar-refractivity contribution in [2.75, 3.05) is 19.6 Å². The van der Waals surface area contributed by atoms with Gasteiger partial charge in [0.25, 0.3) is 5.91 Å². The minimum Gasteiger partial charge on any atom is -0.344 e. The van der Waals surface area contributed by atoms with Crippen LogP contribution in [0.25, 0.3) is 10.9 Å². The normalized spacial score (nSPS) is 16.0. The summed E-state index contributed by atoms with van der Waals surface area (Å²) in [5.74, 6) is -0.0326. The van der Waals surface area contributed by atoms with E-state index in [4.69, 9.17) is 11.6 Å². The molecule has 1 saturated heterocycles. The highest BCUT2D eigenvalue weighted by Crippen LogP contribution is 2.28. The molecule has 1 aliphatic heterocycles. The van der Waals surface area contributed by atoms with Crippen LogP contribution >= 0.6 is 11.6 Å². The Hall–Kier alpha value is -2.30. The van der Waals surface area contributed by atoms with Crippen molar-refractivity contribution in [1.29, 1.82) is 0 Å². The van der Waals surface area contributed by atoms with Crippen molar-refractivity contribution < 1.29 is 4.79 Å². The van der Waals surface area contributed by atoms with Gasteiger partial charge in [-0.15, -0.1) is 0 Å².